The lowest BCUT2D eigenvalue weighted by Crippen LogP contribution is -2.23. The molecule has 30 heavy (non-hydrogen) atoms. The number of nitrogens with one attached hydrogen (secondary N) is 2. The van der Waals surface area contributed by atoms with Crippen molar-refractivity contribution in [2.45, 2.75) is 32.4 Å². The summed E-state index contributed by atoms with van der Waals surface area (Å²) in [5, 5.41) is 14.7. The van der Waals surface area contributed by atoms with Crippen molar-refractivity contribution in [2.24, 2.45) is 7.05 Å². The molecular formula is C22H28N6O2. The number of hydrogen-bond donors (Lipinski definition) is 2. The quantitative estimate of drug-likeness (QED) is 0.627. The van der Waals surface area contributed by atoms with Crippen LogP contribution in [0.4, 0.5) is 0 Å². The van der Waals surface area contributed by atoms with Crippen LogP contribution < -0.4 is 10.1 Å². The number of para-hydroxylation sites is 1. The molecule has 3 heterocycles. The maximum atomic E-state index is 12.5. The summed E-state index contributed by atoms with van der Waals surface area (Å²) in [5.74, 6) is 0.921. The van der Waals surface area contributed by atoms with Gasteiger partial charge in [0.15, 0.2) is 0 Å². The molecule has 1 saturated heterocycles. The molecule has 1 aromatic carbocycles. The van der Waals surface area contributed by atoms with E-state index in [0.717, 1.165) is 48.8 Å². The molecule has 2 aromatic heterocycles. The highest BCUT2D eigenvalue weighted by Crippen LogP contribution is 2.27. The first-order valence-electron chi connectivity index (χ1n) is 10.2. The van der Waals surface area contributed by atoms with Crippen molar-refractivity contribution in [3.63, 3.8) is 0 Å². The van der Waals surface area contributed by atoms with E-state index in [2.05, 4.69) is 31.7 Å². The second kappa shape index (κ2) is 8.71. The van der Waals surface area contributed by atoms with E-state index >= 15 is 0 Å². The molecule has 8 nitrogen and oxygen atoms in total. The van der Waals surface area contributed by atoms with Gasteiger partial charge in [0.2, 0.25) is 0 Å². The molecule has 1 amide bonds. The fraction of sp³-hybridized carbons (Fsp3) is 0.409. The Balaban J connectivity index is 1.33. The third-order valence-corrected chi connectivity index (χ3v) is 5.68. The highest BCUT2D eigenvalue weighted by atomic mass is 16.5. The Bertz CT molecular complexity index is 1020. The van der Waals surface area contributed by atoms with Crippen LogP contribution in [0.2, 0.25) is 0 Å². The van der Waals surface area contributed by atoms with E-state index in [1.165, 1.54) is 5.56 Å². The lowest BCUT2D eigenvalue weighted by Gasteiger charge is -2.14. The molecule has 3 aromatic rings. The van der Waals surface area contributed by atoms with Crippen LogP contribution in [0.15, 0.2) is 36.5 Å². The number of likely N-dealkylation sites (tertiary alicyclic amines) is 1. The number of H-pyrrole nitrogens is 1. The number of hydrogen-bond acceptors (Lipinski definition) is 5. The highest BCUT2D eigenvalue weighted by molar-refractivity contribution is 5.92. The van der Waals surface area contributed by atoms with E-state index < -0.39 is 0 Å². The first-order valence-corrected chi connectivity index (χ1v) is 10.2. The van der Waals surface area contributed by atoms with Gasteiger partial charge in [-0.25, -0.2) is 0 Å². The summed E-state index contributed by atoms with van der Waals surface area (Å²) in [4.78, 5) is 15.0. The monoisotopic (exact) mass is 408 g/mol. The number of benzene rings is 1. The van der Waals surface area contributed by atoms with Crippen LogP contribution in [-0.4, -0.2) is 51.0 Å². The van der Waals surface area contributed by atoms with E-state index in [1.54, 1.807) is 7.11 Å². The van der Waals surface area contributed by atoms with E-state index in [4.69, 9.17) is 4.74 Å². The smallest absolute Gasteiger partial charge is 0.272 e. The number of aromatic nitrogens is 4. The van der Waals surface area contributed by atoms with Crippen molar-refractivity contribution >= 4 is 5.91 Å². The molecule has 8 heteroatoms. The average molecular weight is 409 g/mol. The molecule has 1 atom stereocenters. The van der Waals surface area contributed by atoms with Crippen LogP contribution in [0.5, 0.6) is 5.75 Å². The second-order valence-electron chi connectivity index (χ2n) is 7.84. The molecule has 4 rings (SSSR count). The van der Waals surface area contributed by atoms with Crippen molar-refractivity contribution in [3.8, 4) is 5.75 Å². The predicted octanol–water partition coefficient (Wildman–Crippen LogP) is 2.38. The molecule has 158 valence electrons. The third-order valence-electron chi connectivity index (χ3n) is 5.68. The first-order chi connectivity index (χ1) is 14.5. The van der Waals surface area contributed by atoms with E-state index in [-0.39, 0.29) is 5.91 Å². The average Bonchev–Trinajstić information content (AvgIpc) is 3.47. The van der Waals surface area contributed by atoms with Gasteiger partial charge in [-0.05, 0) is 32.0 Å². The Hall–Kier alpha value is -3.13. The molecule has 0 spiro atoms. The van der Waals surface area contributed by atoms with Gasteiger partial charge in [-0.2, -0.15) is 10.2 Å². The van der Waals surface area contributed by atoms with E-state index in [9.17, 15) is 4.79 Å². The largest absolute Gasteiger partial charge is 0.496 e. The van der Waals surface area contributed by atoms with Gasteiger partial charge in [-0.1, -0.05) is 18.2 Å². The third kappa shape index (κ3) is 4.38. The SMILES string of the molecule is COc1ccccc1CNC(=O)c1cc([C@H]2CCN(Cc3cn(C)nc3C)C2)[nH]n1. The standard InChI is InChI=1S/C22H28N6O2/c1-15-18(12-27(2)26-15)14-28-9-8-17(13-28)19-10-20(25-24-19)22(29)23-11-16-6-4-5-7-21(16)30-3/h4-7,10,12,17H,8-9,11,13-14H2,1-3H3,(H,23,29)(H,24,25)/t17-/m0/s1. The van der Waals surface area contributed by atoms with Crippen molar-refractivity contribution in [3.05, 3.63) is 64.7 Å². The molecule has 1 aliphatic heterocycles. The van der Waals surface area contributed by atoms with Crippen molar-refractivity contribution in [2.75, 3.05) is 20.2 Å². The molecule has 2 N–H and O–H groups in total. The number of amides is 1. The number of nitrogens with zero attached hydrogens (tertiary/aromatic N) is 4. The maximum Gasteiger partial charge on any atom is 0.272 e. The normalized spacial score (nSPS) is 16.7. The minimum Gasteiger partial charge on any atom is -0.496 e. The molecule has 0 saturated carbocycles. The minimum atomic E-state index is -0.191. The van der Waals surface area contributed by atoms with Gasteiger partial charge in [0.1, 0.15) is 11.4 Å². The highest BCUT2D eigenvalue weighted by Gasteiger charge is 2.26. The lowest BCUT2D eigenvalue weighted by molar-refractivity contribution is 0.0945. The number of aromatic amines is 1. The Morgan fingerprint density at radius 1 is 1.33 bits per heavy atom. The summed E-state index contributed by atoms with van der Waals surface area (Å²) in [6, 6.07) is 9.53. The van der Waals surface area contributed by atoms with Crippen LogP contribution in [-0.2, 0) is 20.1 Å². The summed E-state index contributed by atoms with van der Waals surface area (Å²) in [6.45, 7) is 5.31. The Labute approximate surface area is 176 Å². The number of methoxy groups -OCH3 is 1. The van der Waals surface area contributed by atoms with Gasteiger partial charge in [0.25, 0.3) is 5.91 Å². The van der Waals surface area contributed by atoms with E-state index in [1.807, 2.05) is 49.0 Å². The lowest BCUT2D eigenvalue weighted by atomic mass is 10.0. The summed E-state index contributed by atoms with van der Waals surface area (Å²) in [5.41, 5.74) is 4.71. The van der Waals surface area contributed by atoms with Crippen LogP contribution >= 0.6 is 0 Å². The fourth-order valence-corrected chi connectivity index (χ4v) is 4.05. The zero-order chi connectivity index (χ0) is 21.1. The summed E-state index contributed by atoms with van der Waals surface area (Å²) >= 11 is 0. The molecule has 1 aliphatic rings. The van der Waals surface area contributed by atoms with E-state index in [0.29, 0.717) is 18.2 Å². The Morgan fingerprint density at radius 3 is 2.93 bits per heavy atom. The van der Waals surface area contributed by atoms with Crippen LogP contribution in [0.25, 0.3) is 0 Å². The predicted molar refractivity (Wildman–Crippen MR) is 113 cm³/mol. The first kappa shape index (κ1) is 20.2. The maximum absolute atomic E-state index is 12.5. The molecular weight excluding hydrogens is 380 g/mol. The zero-order valence-electron chi connectivity index (χ0n) is 17.7. The van der Waals surface area contributed by atoms with Crippen molar-refractivity contribution < 1.29 is 9.53 Å². The molecule has 1 fully saturated rings. The van der Waals surface area contributed by atoms with Gasteiger partial charge in [-0.3, -0.25) is 19.5 Å². The van der Waals surface area contributed by atoms with Gasteiger partial charge in [0, 0.05) is 55.6 Å². The number of ether oxygens (including phenoxy) is 1. The second-order valence-corrected chi connectivity index (χ2v) is 7.84. The van der Waals surface area contributed by atoms with Gasteiger partial charge in [0.05, 0.1) is 12.8 Å². The van der Waals surface area contributed by atoms with Gasteiger partial charge < -0.3 is 10.1 Å². The summed E-state index contributed by atoms with van der Waals surface area (Å²) in [7, 11) is 3.58. The van der Waals surface area contributed by atoms with Crippen LogP contribution in [0.1, 0.15) is 45.3 Å². The Morgan fingerprint density at radius 2 is 2.17 bits per heavy atom. The topological polar surface area (TPSA) is 88.1 Å². The minimum absolute atomic E-state index is 0.191. The van der Waals surface area contributed by atoms with Crippen molar-refractivity contribution in [1.29, 1.82) is 0 Å². The number of carbonyl (C=O) groups is 1. The zero-order valence-corrected chi connectivity index (χ0v) is 17.7. The van der Waals surface area contributed by atoms with Crippen molar-refractivity contribution in [1.82, 2.24) is 30.2 Å². The van der Waals surface area contributed by atoms with Crippen LogP contribution in [0.3, 0.4) is 0 Å². The van der Waals surface area contributed by atoms with Crippen LogP contribution in [0, 0.1) is 6.92 Å². The number of aryl methyl sites for hydroxylation is 2. The van der Waals surface area contributed by atoms with Gasteiger partial charge >= 0.3 is 0 Å². The molecule has 0 radical (unpaired) electrons. The molecule has 0 unspecified atom stereocenters. The number of rotatable bonds is 7. The van der Waals surface area contributed by atoms with Gasteiger partial charge in [-0.15, -0.1) is 0 Å². The number of carbonyl (C=O) groups excluding carboxylic acids is 1. The summed E-state index contributed by atoms with van der Waals surface area (Å²) < 4.78 is 7.20. The Kier molecular flexibility index (Phi) is 5.85. The summed E-state index contributed by atoms with van der Waals surface area (Å²) in [6.07, 6.45) is 3.13. The molecule has 0 aliphatic carbocycles. The fourth-order valence-electron chi connectivity index (χ4n) is 4.05. The molecule has 0 bridgehead atoms.